The second-order valence-corrected chi connectivity index (χ2v) is 5.61. The Bertz CT molecular complexity index is 655. The lowest BCUT2D eigenvalue weighted by Crippen LogP contribution is -2.41. The Morgan fingerprint density at radius 2 is 2.04 bits per heavy atom. The van der Waals surface area contributed by atoms with Crippen LogP contribution in [0.2, 0.25) is 0 Å². The lowest BCUT2D eigenvalue weighted by molar-refractivity contribution is -0.122. The number of nitrogens with zero attached hydrogens (tertiary/aromatic N) is 2. The third kappa shape index (κ3) is 7.25. The Labute approximate surface area is 164 Å². The molecular weight excluding hydrogens is 436 g/mol. The number of hydrogen-bond donors (Lipinski definition) is 3. The van der Waals surface area contributed by atoms with Crippen LogP contribution in [0.25, 0.3) is 0 Å². The number of nitriles is 1. The molecule has 0 spiro atoms. The third-order valence-corrected chi connectivity index (χ3v) is 3.59. The molecule has 0 atom stereocenters. The fourth-order valence-corrected chi connectivity index (χ4v) is 2.13. The second-order valence-electron chi connectivity index (χ2n) is 5.61. The highest BCUT2D eigenvalue weighted by molar-refractivity contribution is 14.0. The summed E-state index contributed by atoms with van der Waals surface area (Å²) in [7, 11) is 0. The summed E-state index contributed by atoms with van der Waals surface area (Å²) in [4.78, 5) is 15.8. The molecule has 0 aromatic heterocycles. The first kappa shape index (κ1) is 21.2. The van der Waals surface area contributed by atoms with Crippen LogP contribution in [0, 0.1) is 23.1 Å². The molecule has 0 saturated heterocycles. The molecule has 3 N–H and O–H groups in total. The van der Waals surface area contributed by atoms with Gasteiger partial charge in [0.25, 0.3) is 0 Å². The van der Waals surface area contributed by atoms with Crippen LogP contribution < -0.4 is 16.0 Å². The van der Waals surface area contributed by atoms with Gasteiger partial charge in [0, 0.05) is 31.1 Å². The van der Waals surface area contributed by atoms with Gasteiger partial charge in [0.2, 0.25) is 5.91 Å². The van der Waals surface area contributed by atoms with Crippen molar-refractivity contribution in [1.29, 1.82) is 5.26 Å². The lowest BCUT2D eigenvalue weighted by atomic mass is 10.1. The zero-order chi connectivity index (χ0) is 17.4. The van der Waals surface area contributed by atoms with Gasteiger partial charge in [0.05, 0.1) is 18.2 Å². The maximum atomic E-state index is 13.8. The van der Waals surface area contributed by atoms with Gasteiger partial charge in [0.15, 0.2) is 5.96 Å². The molecule has 1 aromatic carbocycles. The van der Waals surface area contributed by atoms with Gasteiger partial charge in [-0.25, -0.2) is 9.38 Å². The van der Waals surface area contributed by atoms with Crippen LogP contribution in [-0.2, 0) is 11.3 Å². The predicted molar refractivity (Wildman–Crippen MR) is 105 cm³/mol. The summed E-state index contributed by atoms with van der Waals surface area (Å²) >= 11 is 0. The number of halogens is 2. The zero-order valence-electron chi connectivity index (χ0n) is 14.1. The van der Waals surface area contributed by atoms with E-state index < -0.39 is 0 Å². The highest BCUT2D eigenvalue weighted by Gasteiger charge is 2.28. The molecule has 1 saturated carbocycles. The SMILES string of the molecule is CCNC(=NCc1cc(C#N)ccc1F)NCCNC(=O)C1CC1.I. The number of amides is 1. The number of hydrogen-bond acceptors (Lipinski definition) is 3. The van der Waals surface area contributed by atoms with Gasteiger partial charge in [-0.15, -0.1) is 24.0 Å². The van der Waals surface area contributed by atoms with Crippen LogP contribution in [0.15, 0.2) is 23.2 Å². The average molecular weight is 459 g/mol. The molecule has 1 aliphatic carbocycles. The summed E-state index contributed by atoms with van der Waals surface area (Å²) in [5.41, 5.74) is 0.774. The number of nitrogens with one attached hydrogen (secondary N) is 3. The van der Waals surface area contributed by atoms with Crippen LogP contribution >= 0.6 is 24.0 Å². The first-order valence-corrected chi connectivity index (χ1v) is 8.12. The molecule has 1 fully saturated rings. The smallest absolute Gasteiger partial charge is 0.223 e. The van der Waals surface area contributed by atoms with Crippen LogP contribution in [0.4, 0.5) is 4.39 Å². The van der Waals surface area contributed by atoms with Gasteiger partial charge in [0.1, 0.15) is 5.82 Å². The Balaban J connectivity index is 0.00000312. The quantitative estimate of drug-likeness (QED) is 0.252. The summed E-state index contributed by atoms with van der Waals surface area (Å²) < 4.78 is 13.8. The van der Waals surface area contributed by atoms with Crippen LogP contribution in [0.3, 0.4) is 0 Å². The van der Waals surface area contributed by atoms with E-state index in [-0.39, 0.29) is 48.2 Å². The number of guanidine groups is 1. The summed E-state index contributed by atoms with van der Waals surface area (Å²) in [6, 6.07) is 6.20. The van der Waals surface area contributed by atoms with E-state index in [0.717, 1.165) is 12.8 Å². The monoisotopic (exact) mass is 459 g/mol. The van der Waals surface area contributed by atoms with Crippen molar-refractivity contribution in [2.24, 2.45) is 10.9 Å². The van der Waals surface area contributed by atoms with Crippen LogP contribution in [0.5, 0.6) is 0 Å². The Hall–Kier alpha value is -1.89. The third-order valence-electron chi connectivity index (χ3n) is 3.59. The maximum absolute atomic E-state index is 13.8. The Morgan fingerprint density at radius 3 is 2.68 bits per heavy atom. The molecule has 0 radical (unpaired) electrons. The number of carbonyl (C=O) groups is 1. The van der Waals surface area contributed by atoms with Gasteiger partial charge in [-0.1, -0.05) is 0 Å². The molecule has 2 rings (SSSR count). The first-order valence-electron chi connectivity index (χ1n) is 8.12. The van der Waals surface area contributed by atoms with Crippen molar-refractivity contribution in [3.8, 4) is 6.07 Å². The van der Waals surface area contributed by atoms with Crippen molar-refractivity contribution in [2.75, 3.05) is 19.6 Å². The molecular formula is C17H23FIN5O. The molecule has 0 heterocycles. The largest absolute Gasteiger partial charge is 0.357 e. The van der Waals surface area contributed by atoms with E-state index in [9.17, 15) is 9.18 Å². The molecule has 0 bridgehead atoms. The van der Waals surface area contributed by atoms with E-state index in [1.807, 2.05) is 13.0 Å². The zero-order valence-corrected chi connectivity index (χ0v) is 16.5. The van der Waals surface area contributed by atoms with E-state index in [4.69, 9.17) is 5.26 Å². The summed E-state index contributed by atoms with van der Waals surface area (Å²) in [5, 5.41) is 17.9. The van der Waals surface area contributed by atoms with Crippen molar-refractivity contribution in [2.45, 2.75) is 26.3 Å². The molecule has 8 heteroatoms. The highest BCUT2D eigenvalue weighted by atomic mass is 127. The van der Waals surface area contributed by atoms with Crippen molar-refractivity contribution in [3.63, 3.8) is 0 Å². The first-order chi connectivity index (χ1) is 11.6. The van der Waals surface area contributed by atoms with Crippen LogP contribution in [-0.4, -0.2) is 31.5 Å². The average Bonchev–Trinajstić information content (AvgIpc) is 3.42. The van der Waals surface area contributed by atoms with E-state index in [1.165, 1.54) is 18.2 Å². The van der Waals surface area contributed by atoms with Crippen molar-refractivity contribution >= 4 is 35.8 Å². The van der Waals surface area contributed by atoms with Gasteiger partial charge >= 0.3 is 0 Å². The normalized spacial score (nSPS) is 13.4. The molecule has 1 aliphatic rings. The minimum Gasteiger partial charge on any atom is -0.357 e. The van der Waals surface area contributed by atoms with E-state index in [1.54, 1.807) is 0 Å². The fraction of sp³-hybridized carbons (Fsp3) is 0.471. The predicted octanol–water partition coefficient (Wildman–Crippen LogP) is 1.90. The standard InChI is InChI=1S/C17H22FN5O.HI/c1-2-20-17(22-8-7-21-16(24)13-4-5-13)23-11-14-9-12(10-19)3-6-15(14)18;/h3,6,9,13H,2,4-5,7-8,11H2,1H3,(H,21,24)(H2,20,22,23);1H. The highest BCUT2D eigenvalue weighted by Crippen LogP contribution is 2.28. The molecule has 0 unspecified atom stereocenters. The van der Waals surface area contributed by atoms with Gasteiger partial charge in [-0.2, -0.15) is 5.26 Å². The molecule has 0 aliphatic heterocycles. The molecule has 25 heavy (non-hydrogen) atoms. The summed E-state index contributed by atoms with van der Waals surface area (Å²) in [6.45, 7) is 3.78. The van der Waals surface area contributed by atoms with E-state index in [0.29, 0.717) is 36.7 Å². The van der Waals surface area contributed by atoms with Crippen molar-refractivity contribution in [1.82, 2.24) is 16.0 Å². The lowest BCUT2D eigenvalue weighted by Gasteiger charge is -2.12. The van der Waals surface area contributed by atoms with E-state index >= 15 is 0 Å². The number of aliphatic imine (C=N–C) groups is 1. The second kappa shape index (κ2) is 10.9. The summed E-state index contributed by atoms with van der Waals surface area (Å²) in [6.07, 6.45) is 1.97. The van der Waals surface area contributed by atoms with Crippen molar-refractivity contribution < 1.29 is 9.18 Å². The minimum atomic E-state index is -0.384. The number of carbonyl (C=O) groups excluding carboxylic acids is 1. The Kier molecular flexibility index (Phi) is 9.20. The maximum Gasteiger partial charge on any atom is 0.223 e. The van der Waals surface area contributed by atoms with E-state index in [2.05, 4.69) is 20.9 Å². The van der Waals surface area contributed by atoms with Crippen LogP contribution in [0.1, 0.15) is 30.9 Å². The molecule has 1 amide bonds. The topological polar surface area (TPSA) is 89.3 Å². The molecule has 1 aromatic rings. The van der Waals surface area contributed by atoms with Gasteiger partial charge in [-0.3, -0.25) is 4.79 Å². The Morgan fingerprint density at radius 1 is 1.32 bits per heavy atom. The van der Waals surface area contributed by atoms with Gasteiger partial charge in [-0.05, 0) is 38.0 Å². The summed E-state index contributed by atoms with van der Waals surface area (Å²) in [5.74, 6) is 0.460. The van der Waals surface area contributed by atoms with Crippen molar-refractivity contribution in [3.05, 3.63) is 35.1 Å². The number of rotatable bonds is 7. The number of benzene rings is 1. The minimum absolute atomic E-state index is 0. The fourth-order valence-electron chi connectivity index (χ4n) is 2.13. The molecule has 136 valence electrons. The molecule has 6 nitrogen and oxygen atoms in total. The van der Waals surface area contributed by atoms with Gasteiger partial charge < -0.3 is 16.0 Å².